The van der Waals surface area contributed by atoms with Gasteiger partial charge in [0.2, 0.25) is 0 Å². The molecule has 0 saturated carbocycles. The van der Waals surface area contributed by atoms with Gasteiger partial charge >= 0.3 is 11.8 Å². The molecule has 0 saturated heterocycles. The topological polar surface area (TPSA) is 266 Å². The summed E-state index contributed by atoms with van der Waals surface area (Å²) in [5, 5.41) is 31.6. The van der Waals surface area contributed by atoms with Crippen molar-refractivity contribution in [3.05, 3.63) is 120 Å². The van der Waals surface area contributed by atoms with Crippen LogP contribution in [0.3, 0.4) is 0 Å². The molecule has 8 N–H and O–H groups in total. The zero-order valence-corrected chi connectivity index (χ0v) is 28.9. The van der Waals surface area contributed by atoms with Crippen molar-refractivity contribution < 1.29 is 55.3 Å². The van der Waals surface area contributed by atoms with Gasteiger partial charge in [0.05, 0.1) is 0 Å². The summed E-state index contributed by atoms with van der Waals surface area (Å²) in [5.41, 5.74) is 1.15. The summed E-state index contributed by atoms with van der Waals surface area (Å²) in [4.78, 5) is 49.7. The number of fused-ring (bicyclic) bond motifs is 2. The predicted molar refractivity (Wildman–Crippen MR) is 197 cm³/mol. The first-order valence-corrected chi connectivity index (χ1v) is 18.3. The number of hydrogen-bond donors (Lipinski definition) is 8. The number of carbonyl (C=O) groups is 4. The smallest absolute Gasteiger partial charge is 0.314 e. The molecular weight excluding hydrogens is 745 g/mol. The number of rotatable bonds is 8. The molecule has 274 valence electrons. The van der Waals surface area contributed by atoms with E-state index in [0.29, 0.717) is 10.8 Å². The Bertz CT molecular complexity index is 2560. The van der Waals surface area contributed by atoms with Crippen LogP contribution in [0, 0.1) is 0 Å². The fourth-order valence-corrected chi connectivity index (χ4v) is 6.64. The Hall–Kier alpha value is -6.86. The van der Waals surface area contributed by atoms with Gasteiger partial charge in [0.15, 0.2) is 0 Å². The molecule has 0 atom stereocenters. The number of benzene rings is 6. The van der Waals surface area contributed by atoms with Crippen LogP contribution in [0.15, 0.2) is 119 Å². The van der Waals surface area contributed by atoms with Crippen molar-refractivity contribution in [1.82, 2.24) is 0 Å². The zero-order valence-electron chi connectivity index (χ0n) is 27.3. The van der Waals surface area contributed by atoms with E-state index >= 15 is 0 Å². The quantitative estimate of drug-likeness (QED) is 0.0753. The first-order chi connectivity index (χ1) is 25.5. The number of anilines is 4. The van der Waals surface area contributed by atoms with Gasteiger partial charge < -0.3 is 31.5 Å². The van der Waals surface area contributed by atoms with Gasteiger partial charge in [-0.1, -0.05) is 36.4 Å². The van der Waals surface area contributed by atoms with Crippen molar-refractivity contribution in [2.75, 3.05) is 21.3 Å². The maximum atomic E-state index is 13.0. The Morgan fingerprint density at radius 3 is 1.11 bits per heavy atom. The molecule has 6 aromatic rings. The molecule has 0 aliphatic rings. The van der Waals surface area contributed by atoms with Crippen molar-refractivity contribution in [2.24, 2.45) is 0 Å². The third-order valence-corrected chi connectivity index (χ3v) is 9.83. The first-order valence-electron chi connectivity index (χ1n) is 15.4. The second kappa shape index (κ2) is 14.3. The molecule has 16 nitrogen and oxygen atoms in total. The molecule has 0 radical (unpaired) electrons. The Labute approximate surface area is 305 Å². The maximum absolute atomic E-state index is 13.0. The Morgan fingerprint density at radius 2 is 0.778 bits per heavy atom. The highest BCUT2D eigenvalue weighted by Crippen LogP contribution is 2.36. The molecule has 0 heterocycles. The van der Waals surface area contributed by atoms with Crippen LogP contribution < -0.4 is 21.3 Å². The van der Waals surface area contributed by atoms with Crippen molar-refractivity contribution in [1.29, 1.82) is 0 Å². The highest BCUT2D eigenvalue weighted by Gasteiger charge is 2.21. The number of amides is 4. The number of nitrogens with one attached hydrogen (secondary N) is 4. The summed E-state index contributed by atoms with van der Waals surface area (Å²) in [6.45, 7) is 0. The van der Waals surface area contributed by atoms with Gasteiger partial charge in [-0.25, -0.2) is 0 Å². The van der Waals surface area contributed by atoms with Gasteiger partial charge in [-0.15, -0.1) is 0 Å². The fraction of sp³-hybridized carbons (Fsp3) is 0. The molecule has 54 heavy (non-hydrogen) atoms. The fourth-order valence-electron chi connectivity index (χ4n) is 5.45. The molecule has 0 spiro atoms. The molecule has 0 aliphatic heterocycles. The summed E-state index contributed by atoms with van der Waals surface area (Å²) in [6, 6.07) is 24.5. The van der Waals surface area contributed by atoms with Gasteiger partial charge in [0.25, 0.3) is 32.1 Å². The summed E-state index contributed by atoms with van der Waals surface area (Å²) in [5.74, 6) is -4.60. The average Bonchev–Trinajstić information content (AvgIpc) is 3.12. The molecule has 0 bridgehead atoms. The second-order valence-electron chi connectivity index (χ2n) is 11.5. The molecule has 0 unspecified atom stereocenters. The van der Waals surface area contributed by atoms with Crippen LogP contribution in [-0.4, -0.2) is 59.8 Å². The maximum Gasteiger partial charge on any atom is 0.314 e. The summed E-state index contributed by atoms with van der Waals surface area (Å²) >= 11 is 0. The molecule has 0 aliphatic carbocycles. The minimum atomic E-state index is -4.69. The van der Waals surface area contributed by atoms with Crippen LogP contribution in [0.4, 0.5) is 22.7 Å². The van der Waals surface area contributed by atoms with E-state index < -0.39 is 65.2 Å². The Kier molecular flexibility index (Phi) is 9.76. The standard InChI is InChI=1S/C36H26N4O12S2/c41-31-25-3-1-5-27(23(25)15-17-29(31)53(47,48)49)39-33(43)19-7-11-21(12-8-19)37-35(45)36(46)38-22-13-9-20(10-14-22)34(44)40-28-6-2-4-26-24(28)16-18-30(32(26)42)54(50,51)52/h1-18,41-42H,(H,37,45)(H,38,46)(H,39,43)(H,40,44)(H,47,48,49)(H,50,51,52). The average molecular weight is 771 g/mol. The van der Waals surface area contributed by atoms with Crippen molar-refractivity contribution >= 4 is 88.2 Å². The highest BCUT2D eigenvalue weighted by molar-refractivity contribution is 7.86. The number of phenolic OH excluding ortho intramolecular Hbond substituents is 2. The highest BCUT2D eigenvalue weighted by atomic mass is 32.2. The molecule has 0 fully saturated rings. The minimum Gasteiger partial charge on any atom is -0.506 e. The molecule has 6 aromatic carbocycles. The van der Waals surface area contributed by atoms with Crippen LogP contribution >= 0.6 is 0 Å². The van der Waals surface area contributed by atoms with Crippen molar-refractivity contribution in [3.63, 3.8) is 0 Å². The lowest BCUT2D eigenvalue weighted by atomic mass is 10.1. The van der Waals surface area contributed by atoms with Gasteiger partial charge in [-0.05, 0) is 72.8 Å². The van der Waals surface area contributed by atoms with Gasteiger partial charge in [0.1, 0.15) is 21.3 Å². The zero-order chi connectivity index (χ0) is 38.9. The molecule has 0 aromatic heterocycles. The monoisotopic (exact) mass is 770 g/mol. The molecule has 4 amide bonds. The number of aromatic hydroxyl groups is 2. The number of hydrogen-bond acceptors (Lipinski definition) is 10. The van der Waals surface area contributed by atoms with E-state index in [-0.39, 0.29) is 44.6 Å². The lowest BCUT2D eigenvalue weighted by molar-refractivity contribution is -0.132. The molecular formula is C36H26N4O12S2. The Morgan fingerprint density at radius 1 is 0.426 bits per heavy atom. The van der Waals surface area contributed by atoms with E-state index in [0.717, 1.165) is 12.1 Å². The lowest BCUT2D eigenvalue weighted by Gasteiger charge is -2.12. The summed E-state index contributed by atoms with van der Waals surface area (Å²) < 4.78 is 64.9. The van der Waals surface area contributed by atoms with Crippen LogP contribution in [0.1, 0.15) is 20.7 Å². The predicted octanol–water partition coefficient (Wildman–Crippen LogP) is 4.98. The van der Waals surface area contributed by atoms with Crippen molar-refractivity contribution in [3.8, 4) is 11.5 Å². The van der Waals surface area contributed by atoms with Gasteiger partial charge in [-0.3, -0.25) is 28.3 Å². The van der Waals surface area contributed by atoms with Crippen LogP contribution in [-0.2, 0) is 29.8 Å². The van der Waals surface area contributed by atoms with Crippen molar-refractivity contribution in [2.45, 2.75) is 9.79 Å². The molecule has 6 rings (SSSR count). The van der Waals surface area contributed by atoms with E-state index in [2.05, 4.69) is 21.3 Å². The van der Waals surface area contributed by atoms with E-state index in [4.69, 9.17) is 0 Å². The third-order valence-electron chi connectivity index (χ3n) is 8.06. The lowest BCUT2D eigenvalue weighted by Crippen LogP contribution is -2.29. The van der Waals surface area contributed by atoms with E-state index in [1.54, 1.807) is 0 Å². The van der Waals surface area contributed by atoms with Gasteiger partial charge in [0, 0.05) is 55.4 Å². The second-order valence-corrected chi connectivity index (χ2v) is 14.3. The van der Waals surface area contributed by atoms with E-state index in [9.17, 15) is 55.3 Å². The minimum absolute atomic E-state index is 0.0723. The first kappa shape index (κ1) is 36.9. The Balaban J connectivity index is 1.06. The van der Waals surface area contributed by atoms with Crippen LogP contribution in [0.2, 0.25) is 0 Å². The largest absolute Gasteiger partial charge is 0.506 e. The van der Waals surface area contributed by atoms with Crippen LogP contribution in [0.5, 0.6) is 11.5 Å². The molecule has 18 heteroatoms. The van der Waals surface area contributed by atoms with E-state index in [1.807, 2.05) is 0 Å². The van der Waals surface area contributed by atoms with Gasteiger partial charge in [-0.2, -0.15) is 16.8 Å². The van der Waals surface area contributed by atoms with Crippen LogP contribution in [0.25, 0.3) is 21.5 Å². The van der Waals surface area contributed by atoms with E-state index in [1.165, 1.54) is 97.1 Å². The summed E-state index contributed by atoms with van der Waals surface area (Å²) in [6.07, 6.45) is 0. The third kappa shape index (κ3) is 7.66. The SMILES string of the molecule is O=C(Nc1ccc(C(=O)Nc2cccc3c(O)c(S(=O)(=O)O)ccc23)cc1)C(=O)Nc1ccc(C(=O)Nc2cccc3c(O)c(S(=O)(=O)O)ccc23)cc1. The summed E-state index contributed by atoms with van der Waals surface area (Å²) in [7, 11) is -9.38. The number of phenols is 2. The number of carbonyl (C=O) groups excluding carboxylic acids is 4. The normalized spacial score (nSPS) is 11.5.